The molecule has 2 aromatic rings. The number of hydrogen-bond acceptors (Lipinski definition) is 3. The second-order valence-corrected chi connectivity index (χ2v) is 6.72. The van der Waals surface area contributed by atoms with Crippen molar-refractivity contribution in [2.24, 2.45) is 0 Å². The summed E-state index contributed by atoms with van der Waals surface area (Å²) in [6.07, 6.45) is 0. The molecule has 1 heterocycles. The fraction of sp³-hybridized carbons (Fsp3) is 0.231. The highest BCUT2D eigenvalue weighted by Crippen LogP contribution is 2.29. The molecule has 108 valence electrons. The highest BCUT2D eigenvalue weighted by Gasteiger charge is 2.10. The first-order chi connectivity index (χ1) is 9.56. The Morgan fingerprint density at radius 2 is 2.00 bits per heavy atom. The van der Waals surface area contributed by atoms with E-state index in [-0.39, 0.29) is 10.2 Å². The van der Waals surface area contributed by atoms with Crippen molar-refractivity contribution >= 4 is 43.2 Å². The summed E-state index contributed by atoms with van der Waals surface area (Å²) in [4.78, 5) is 1.20. The van der Waals surface area contributed by atoms with Crippen molar-refractivity contribution in [3.8, 4) is 5.75 Å². The van der Waals surface area contributed by atoms with Crippen LogP contribution < -0.4 is 10.1 Å². The zero-order valence-corrected chi connectivity index (χ0v) is 14.2. The van der Waals surface area contributed by atoms with Crippen molar-refractivity contribution in [1.82, 2.24) is 5.32 Å². The molecule has 0 bridgehead atoms. The molecule has 0 unspecified atom stereocenters. The van der Waals surface area contributed by atoms with Crippen molar-refractivity contribution in [2.45, 2.75) is 6.54 Å². The Bertz CT molecular complexity index is 568. The van der Waals surface area contributed by atoms with Crippen LogP contribution in [0.5, 0.6) is 5.75 Å². The molecule has 0 fully saturated rings. The van der Waals surface area contributed by atoms with Crippen LogP contribution in [0.4, 0.5) is 8.78 Å². The van der Waals surface area contributed by atoms with E-state index in [1.807, 2.05) is 11.4 Å². The Hall–Kier alpha value is -0.500. The van der Waals surface area contributed by atoms with Crippen LogP contribution in [0.15, 0.2) is 32.5 Å². The Kier molecular flexibility index (Phi) is 5.95. The molecule has 1 aromatic carbocycles. The van der Waals surface area contributed by atoms with Gasteiger partial charge >= 0.3 is 0 Å². The van der Waals surface area contributed by atoms with Gasteiger partial charge in [0.1, 0.15) is 12.4 Å². The summed E-state index contributed by atoms with van der Waals surface area (Å²) in [6.45, 7) is 1.60. The lowest BCUT2D eigenvalue weighted by Gasteiger charge is -2.09. The van der Waals surface area contributed by atoms with E-state index in [0.29, 0.717) is 13.2 Å². The highest BCUT2D eigenvalue weighted by atomic mass is 79.9. The Morgan fingerprint density at radius 1 is 1.20 bits per heavy atom. The third kappa shape index (κ3) is 4.51. The van der Waals surface area contributed by atoms with Crippen molar-refractivity contribution < 1.29 is 13.5 Å². The topological polar surface area (TPSA) is 21.3 Å². The third-order valence-electron chi connectivity index (χ3n) is 2.41. The van der Waals surface area contributed by atoms with Gasteiger partial charge in [0, 0.05) is 33.9 Å². The van der Waals surface area contributed by atoms with Gasteiger partial charge in [0.15, 0.2) is 11.6 Å². The number of hydrogen-bond donors (Lipinski definition) is 1. The number of benzene rings is 1. The summed E-state index contributed by atoms with van der Waals surface area (Å²) in [5.74, 6) is -1.31. The van der Waals surface area contributed by atoms with E-state index in [9.17, 15) is 8.78 Å². The average molecular weight is 427 g/mol. The van der Waals surface area contributed by atoms with Crippen LogP contribution in [0.2, 0.25) is 0 Å². The maximum absolute atomic E-state index is 13.5. The molecule has 2 rings (SSSR count). The molecular weight excluding hydrogens is 416 g/mol. The lowest BCUT2D eigenvalue weighted by Crippen LogP contribution is -2.20. The minimum Gasteiger partial charge on any atom is -0.488 e. The van der Waals surface area contributed by atoms with E-state index in [1.165, 1.54) is 10.9 Å². The van der Waals surface area contributed by atoms with E-state index in [1.54, 1.807) is 11.3 Å². The van der Waals surface area contributed by atoms with Crippen LogP contribution >= 0.6 is 43.2 Å². The van der Waals surface area contributed by atoms with E-state index < -0.39 is 11.6 Å². The van der Waals surface area contributed by atoms with Gasteiger partial charge < -0.3 is 10.1 Å². The number of thiophene rings is 1. The van der Waals surface area contributed by atoms with Gasteiger partial charge in [-0.15, -0.1) is 11.3 Å². The fourth-order valence-corrected chi connectivity index (χ4v) is 3.49. The molecule has 0 aliphatic carbocycles. The Labute approximate surface area is 136 Å². The molecule has 1 aromatic heterocycles. The standard InChI is InChI=1S/C13H11Br2F2NOS/c14-8-3-10(20-7-8)6-18-1-2-19-13-11(15)4-9(16)5-12(13)17/h3-5,7,18H,1-2,6H2. The van der Waals surface area contributed by atoms with E-state index >= 15 is 0 Å². The van der Waals surface area contributed by atoms with Crippen LogP contribution in [0, 0.1) is 11.6 Å². The summed E-state index contributed by atoms with van der Waals surface area (Å²) in [5.41, 5.74) is 0. The van der Waals surface area contributed by atoms with E-state index in [0.717, 1.165) is 17.1 Å². The van der Waals surface area contributed by atoms with Gasteiger partial charge in [-0.2, -0.15) is 0 Å². The molecular formula is C13H11Br2F2NOS. The second kappa shape index (κ2) is 7.49. The second-order valence-electron chi connectivity index (χ2n) is 3.96. The first-order valence-corrected chi connectivity index (χ1v) is 8.24. The maximum Gasteiger partial charge on any atom is 0.169 e. The summed E-state index contributed by atoms with van der Waals surface area (Å²) >= 11 is 8.12. The minimum absolute atomic E-state index is 0.0343. The normalized spacial score (nSPS) is 10.8. The monoisotopic (exact) mass is 425 g/mol. The van der Waals surface area contributed by atoms with Crippen LogP contribution in [-0.2, 0) is 6.54 Å². The van der Waals surface area contributed by atoms with Gasteiger partial charge in [-0.3, -0.25) is 0 Å². The highest BCUT2D eigenvalue weighted by molar-refractivity contribution is 9.10. The summed E-state index contributed by atoms with van der Waals surface area (Å²) in [6, 6.07) is 4.01. The lowest BCUT2D eigenvalue weighted by molar-refractivity contribution is 0.295. The minimum atomic E-state index is -0.709. The lowest BCUT2D eigenvalue weighted by atomic mass is 10.3. The molecule has 1 N–H and O–H groups in total. The third-order valence-corrected chi connectivity index (χ3v) is 4.70. The molecule has 0 aliphatic rings. The summed E-state index contributed by atoms with van der Waals surface area (Å²) < 4.78 is 33.0. The molecule has 0 spiro atoms. The van der Waals surface area contributed by atoms with Gasteiger partial charge in [-0.05, 0) is 44.0 Å². The van der Waals surface area contributed by atoms with Crippen LogP contribution in [0.3, 0.4) is 0 Å². The van der Waals surface area contributed by atoms with Gasteiger partial charge in [0.25, 0.3) is 0 Å². The molecule has 20 heavy (non-hydrogen) atoms. The SMILES string of the molecule is Fc1cc(F)c(OCCNCc2cc(Br)cs2)c(Br)c1. The van der Waals surface area contributed by atoms with E-state index in [2.05, 4.69) is 37.2 Å². The van der Waals surface area contributed by atoms with Gasteiger partial charge in [0.2, 0.25) is 0 Å². The molecule has 0 atom stereocenters. The van der Waals surface area contributed by atoms with Crippen molar-refractivity contribution in [3.63, 3.8) is 0 Å². The molecule has 0 amide bonds. The molecule has 2 nitrogen and oxygen atoms in total. The van der Waals surface area contributed by atoms with Gasteiger partial charge in [-0.1, -0.05) is 0 Å². The first kappa shape index (κ1) is 15.9. The largest absolute Gasteiger partial charge is 0.488 e. The zero-order valence-electron chi connectivity index (χ0n) is 10.3. The van der Waals surface area contributed by atoms with Crippen molar-refractivity contribution in [1.29, 1.82) is 0 Å². The number of rotatable bonds is 6. The summed E-state index contributed by atoms with van der Waals surface area (Å²) in [5, 5.41) is 5.20. The van der Waals surface area contributed by atoms with Crippen LogP contribution in [0.25, 0.3) is 0 Å². The predicted octanol–water partition coefficient (Wildman–Crippen LogP) is 4.72. The first-order valence-electron chi connectivity index (χ1n) is 5.77. The maximum atomic E-state index is 13.5. The van der Waals surface area contributed by atoms with Crippen molar-refractivity contribution in [3.05, 3.63) is 49.0 Å². The average Bonchev–Trinajstić information content (AvgIpc) is 2.77. The fourth-order valence-electron chi connectivity index (χ4n) is 1.55. The smallest absolute Gasteiger partial charge is 0.169 e. The Morgan fingerprint density at radius 3 is 2.65 bits per heavy atom. The molecule has 0 radical (unpaired) electrons. The zero-order chi connectivity index (χ0) is 14.5. The van der Waals surface area contributed by atoms with Crippen LogP contribution in [0.1, 0.15) is 4.88 Å². The van der Waals surface area contributed by atoms with Crippen molar-refractivity contribution in [2.75, 3.05) is 13.2 Å². The van der Waals surface area contributed by atoms with Gasteiger partial charge in [-0.25, -0.2) is 8.78 Å². The Balaban J connectivity index is 1.76. The quantitative estimate of drug-likeness (QED) is 0.674. The predicted molar refractivity (Wildman–Crippen MR) is 83.3 cm³/mol. The number of halogens is 4. The molecule has 0 aliphatic heterocycles. The summed E-state index contributed by atoms with van der Waals surface area (Å²) in [7, 11) is 0. The molecule has 0 saturated carbocycles. The number of nitrogens with one attached hydrogen (secondary N) is 1. The van der Waals surface area contributed by atoms with Crippen LogP contribution in [-0.4, -0.2) is 13.2 Å². The molecule has 7 heteroatoms. The number of ether oxygens (including phenoxy) is 1. The van der Waals surface area contributed by atoms with Gasteiger partial charge in [0.05, 0.1) is 4.47 Å². The van der Waals surface area contributed by atoms with E-state index in [4.69, 9.17) is 4.74 Å². The molecule has 0 saturated heterocycles.